The fraction of sp³-hybridized carbons (Fsp3) is 0.357. The zero-order valence-corrected chi connectivity index (χ0v) is 12.8. The maximum absolute atomic E-state index is 11.8. The molecule has 1 atom stereocenters. The standard InChI is InChI=1S/C14H18N4O2S/c1-10(19)9-18(2)14(20)15-8-12-16-17-13(21-12)11-6-4-3-5-7-11/h3-7,10,19H,8-9H2,1-2H3,(H,15,20). The van der Waals surface area contributed by atoms with E-state index in [0.717, 1.165) is 15.6 Å². The number of amides is 2. The van der Waals surface area contributed by atoms with E-state index in [-0.39, 0.29) is 12.6 Å². The molecule has 6 nitrogen and oxygen atoms in total. The van der Waals surface area contributed by atoms with Gasteiger partial charge in [0.2, 0.25) is 0 Å². The molecular formula is C14H18N4O2S. The Morgan fingerprint density at radius 1 is 1.38 bits per heavy atom. The van der Waals surface area contributed by atoms with Gasteiger partial charge in [-0.2, -0.15) is 0 Å². The first-order valence-corrected chi connectivity index (χ1v) is 7.42. The van der Waals surface area contributed by atoms with Crippen LogP contribution in [0.1, 0.15) is 11.9 Å². The average Bonchev–Trinajstić information content (AvgIpc) is 2.94. The normalized spacial score (nSPS) is 12.0. The van der Waals surface area contributed by atoms with Crippen LogP contribution in [-0.4, -0.2) is 45.9 Å². The highest BCUT2D eigenvalue weighted by Crippen LogP contribution is 2.22. The van der Waals surface area contributed by atoms with Crippen molar-refractivity contribution in [2.75, 3.05) is 13.6 Å². The molecule has 1 aromatic heterocycles. The van der Waals surface area contributed by atoms with Gasteiger partial charge >= 0.3 is 6.03 Å². The van der Waals surface area contributed by atoms with Crippen molar-refractivity contribution in [2.45, 2.75) is 19.6 Å². The van der Waals surface area contributed by atoms with Crippen molar-refractivity contribution in [1.29, 1.82) is 0 Å². The minimum atomic E-state index is -0.549. The van der Waals surface area contributed by atoms with Crippen LogP contribution in [-0.2, 0) is 6.54 Å². The minimum Gasteiger partial charge on any atom is -0.392 e. The first-order chi connectivity index (χ1) is 10.1. The SMILES string of the molecule is CC(O)CN(C)C(=O)NCc1nnc(-c2ccccc2)s1. The molecule has 0 spiro atoms. The van der Waals surface area contributed by atoms with Gasteiger partial charge in [-0.05, 0) is 6.92 Å². The minimum absolute atomic E-state index is 0.243. The van der Waals surface area contributed by atoms with Gasteiger partial charge in [0, 0.05) is 19.2 Å². The van der Waals surface area contributed by atoms with Crippen molar-refractivity contribution in [3.8, 4) is 10.6 Å². The third-order valence-electron chi connectivity index (χ3n) is 2.76. The van der Waals surface area contributed by atoms with Crippen molar-refractivity contribution in [2.24, 2.45) is 0 Å². The van der Waals surface area contributed by atoms with Crippen LogP contribution in [0.25, 0.3) is 10.6 Å². The topological polar surface area (TPSA) is 78.4 Å². The van der Waals surface area contributed by atoms with Gasteiger partial charge < -0.3 is 15.3 Å². The quantitative estimate of drug-likeness (QED) is 0.882. The van der Waals surface area contributed by atoms with Crippen LogP contribution >= 0.6 is 11.3 Å². The van der Waals surface area contributed by atoms with Gasteiger partial charge in [-0.3, -0.25) is 0 Å². The molecular weight excluding hydrogens is 288 g/mol. The van der Waals surface area contributed by atoms with Crippen molar-refractivity contribution in [3.63, 3.8) is 0 Å². The number of hydrogen-bond donors (Lipinski definition) is 2. The summed E-state index contributed by atoms with van der Waals surface area (Å²) in [6, 6.07) is 9.54. The van der Waals surface area contributed by atoms with Gasteiger partial charge in [0.15, 0.2) is 0 Å². The number of aliphatic hydroxyl groups excluding tert-OH is 1. The van der Waals surface area contributed by atoms with Gasteiger partial charge in [-0.1, -0.05) is 41.7 Å². The Hall–Kier alpha value is -1.99. The number of urea groups is 1. The largest absolute Gasteiger partial charge is 0.392 e. The van der Waals surface area contributed by atoms with Crippen molar-refractivity contribution in [3.05, 3.63) is 35.3 Å². The van der Waals surface area contributed by atoms with E-state index in [4.69, 9.17) is 0 Å². The van der Waals surface area contributed by atoms with Crippen LogP contribution in [0.5, 0.6) is 0 Å². The van der Waals surface area contributed by atoms with E-state index in [1.165, 1.54) is 16.2 Å². The summed E-state index contributed by atoms with van der Waals surface area (Å²) in [5.41, 5.74) is 1.01. The molecule has 0 aliphatic carbocycles. The maximum atomic E-state index is 11.8. The summed E-state index contributed by atoms with van der Waals surface area (Å²) in [5, 5.41) is 21.8. The molecule has 0 radical (unpaired) electrons. The molecule has 1 heterocycles. The molecule has 0 fully saturated rings. The van der Waals surface area contributed by atoms with E-state index in [1.54, 1.807) is 14.0 Å². The molecule has 0 saturated heterocycles. The zero-order valence-electron chi connectivity index (χ0n) is 12.0. The lowest BCUT2D eigenvalue weighted by Crippen LogP contribution is -2.40. The average molecular weight is 306 g/mol. The fourth-order valence-electron chi connectivity index (χ4n) is 1.79. The molecule has 2 N–H and O–H groups in total. The van der Waals surface area contributed by atoms with Gasteiger partial charge in [0.05, 0.1) is 12.6 Å². The van der Waals surface area contributed by atoms with Gasteiger partial charge in [0.25, 0.3) is 0 Å². The van der Waals surface area contributed by atoms with Gasteiger partial charge in [-0.25, -0.2) is 4.79 Å². The molecule has 1 aromatic carbocycles. The highest BCUT2D eigenvalue weighted by molar-refractivity contribution is 7.14. The van der Waals surface area contributed by atoms with Crippen LogP contribution in [0.2, 0.25) is 0 Å². The lowest BCUT2D eigenvalue weighted by Gasteiger charge is -2.18. The summed E-state index contributed by atoms with van der Waals surface area (Å²) in [7, 11) is 1.64. The Kier molecular flexibility index (Phi) is 5.24. The number of aromatic nitrogens is 2. The first kappa shape index (κ1) is 15.4. The number of nitrogens with zero attached hydrogens (tertiary/aromatic N) is 3. The second kappa shape index (κ2) is 7.14. The Morgan fingerprint density at radius 3 is 2.76 bits per heavy atom. The second-order valence-corrected chi connectivity index (χ2v) is 5.82. The summed E-state index contributed by atoms with van der Waals surface area (Å²) < 4.78 is 0. The molecule has 2 aromatic rings. The number of carbonyl (C=O) groups is 1. The highest BCUT2D eigenvalue weighted by atomic mass is 32.1. The highest BCUT2D eigenvalue weighted by Gasteiger charge is 2.12. The second-order valence-electron chi connectivity index (χ2n) is 4.76. The third kappa shape index (κ3) is 4.51. The molecule has 0 aliphatic heterocycles. The molecule has 0 bridgehead atoms. The molecule has 2 amide bonds. The predicted molar refractivity (Wildman–Crippen MR) is 81.9 cm³/mol. The van der Waals surface area contributed by atoms with Crippen LogP contribution in [0.4, 0.5) is 4.79 Å². The van der Waals surface area contributed by atoms with E-state index in [2.05, 4.69) is 15.5 Å². The monoisotopic (exact) mass is 306 g/mol. The van der Waals surface area contributed by atoms with Crippen LogP contribution in [0.3, 0.4) is 0 Å². The summed E-state index contributed by atoms with van der Waals surface area (Å²) in [6.07, 6.45) is -0.549. The number of rotatable bonds is 5. The molecule has 1 unspecified atom stereocenters. The number of likely N-dealkylation sites (N-methyl/N-ethyl adjacent to an activating group) is 1. The molecule has 112 valence electrons. The van der Waals surface area contributed by atoms with Gasteiger partial charge in [0.1, 0.15) is 10.0 Å². The number of aliphatic hydroxyl groups is 1. The number of benzene rings is 1. The van der Waals surface area contributed by atoms with E-state index >= 15 is 0 Å². The van der Waals surface area contributed by atoms with Crippen molar-refractivity contribution >= 4 is 17.4 Å². The molecule has 7 heteroatoms. The van der Waals surface area contributed by atoms with E-state index in [9.17, 15) is 9.90 Å². The van der Waals surface area contributed by atoms with E-state index < -0.39 is 6.10 Å². The Labute approximate surface area is 127 Å². The Balaban J connectivity index is 1.90. The van der Waals surface area contributed by atoms with Crippen molar-refractivity contribution in [1.82, 2.24) is 20.4 Å². The maximum Gasteiger partial charge on any atom is 0.317 e. The van der Waals surface area contributed by atoms with Gasteiger partial charge in [-0.15, -0.1) is 10.2 Å². The van der Waals surface area contributed by atoms with E-state index in [0.29, 0.717) is 6.54 Å². The molecule has 0 saturated carbocycles. The molecule has 21 heavy (non-hydrogen) atoms. The number of hydrogen-bond acceptors (Lipinski definition) is 5. The first-order valence-electron chi connectivity index (χ1n) is 6.61. The lowest BCUT2D eigenvalue weighted by atomic mass is 10.2. The summed E-state index contributed by atoms with van der Waals surface area (Å²) in [6.45, 7) is 2.26. The predicted octanol–water partition coefficient (Wildman–Crippen LogP) is 1.73. The lowest BCUT2D eigenvalue weighted by molar-refractivity contribution is 0.143. The van der Waals surface area contributed by atoms with E-state index in [1.807, 2.05) is 30.3 Å². The van der Waals surface area contributed by atoms with Crippen molar-refractivity contribution < 1.29 is 9.90 Å². The van der Waals surface area contributed by atoms with Crippen LogP contribution in [0, 0.1) is 0 Å². The Bertz CT molecular complexity index is 586. The third-order valence-corrected chi connectivity index (χ3v) is 3.74. The Morgan fingerprint density at radius 2 is 2.10 bits per heavy atom. The molecule has 2 rings (SSSR count). The summed E-state index contributed by atoms with van der Waals surface area (Å²) >= 11 is 1.45. The van der Waals surface area contributed by atoms with Crippen LogP contribution in [0.15, 0.2) is 30.3 Å². The zero-order chi connectivity index (χ0) is 15.2. The summed E-state index contributed by atoms with van der Waals surface area (Å²) in [5.74, 6) is 0. The molecule has 0 aliphatic rings. The smallest absolute Gasteiger partial charge is 0.317 e. The number of nitrogens with one attached hydrogen (secondary N) is 1. The number of carbonyl (C=O) groups excluding carboxylic acids is 1. The fourth-order valence-corrected chi connectivity index (χ4v) is 2.57. The van der Waals surface area contributed by atoms with Crippen LogP contribution < -0.4 is 5.32 Å². The summed E-state index contributed by atoms with van der Waals surface area (Å²) in [4.78, 5) is 13.2.